The van der Waals surface area contributed by atoms with Gasteiger partial charge in [0.2, 0.25) is 0 Å². The highest BCUT2D eigenvalue weighted by Gasteiger charge is 2.44. The molecule has 1 N–H and O–H groups in total. The van der Waals surface area contributed by atoms with Gasteiger partial charge in [-0.15, -0.1) is 0 Å². The third-order valence-electron chi connectivity index (χ3n) is 6.64. The van der Waals surface area contributed by atoms with Gasteiger partial charge in [-0.25, -0.2) is 0 Å². The van der Waals surface area contributed by atoms with Gasteiger partial charge in [-0.3, -0.25) is 9.59 Å². The third-order valence-corrected chi connectivity index (χ3v) is 6.64. The van der Waals surface area contributed by atoms with Gasteiger partial charge in [0.1, 0.15) is 0 Å². The minimum absolute atomic E-state index is 0.0855. The van der Waals surface area contributed by atoms with Gasteiger partial charge in [0.05, 0.1) is 37.4 Å². The monoisotopic (exact) mass is 410 g/mol. The molecule has 0 bridgehead atoms. The molecule has 1 saturated heterocycles. The van der Waals surface area contributed by atoms with Crippen LogP contribution >= 0.6 is 0 Å². The molecule has 29 heavy (non-hydrogen) atoms. The van der Waals surface area contributed by atoms with Gasteiger partial charge in [0.25, 0.3) is 0 Å². The summed E-state index contributed by atoms with van der Waals surface area (Å²) in [5, 5.41) is 9.57. The molecule has 3 rings (SSSR count). The number of carbonyl (C=O) groups excluding carboxylic acids is 2. The molecule has 4 atom stereocenters. The van der Waals surface area contributed by atoms with Crippen LogP contribution in [0.15, 0.2) is 0 Å². The average Bonchev–Trinajstić information content (AvgIpc) is 3.43. The van der Waals surface area contributed by atoms with E-state index in [1.165, 1.54) is 0 Å². The Bertz CT molecular complexity index is 566. The van der Waals surface area contributed by atoms with Crippen LogP contribution in [0, 0.1) is 23.2 Å². The van der Waals surface area contributed by atoms with Crippen LogP contribution in [0.2, 0.25) is 0 Å². The summed E-state index contributed by atoms with van der Waals surface area (Å²) in [5.41, 5.74) is -0.189. The molecule has 2 aliphatic carbocycles. The van der Waals surface area contributed by atoms with E-state index in [1.54, 1.807) is 0 Å². The summed E-state index contributed by atoms with van der Waals surface area (Å²) in [6.07, 6.45) is 7.77. The van der Waals surface area contributed by atoms with E-state index >= 15 is 0 Å². The molecule has 0 aromatic rings. The summed E-state index contributed by atoms with van der Waals surface area (Å²) in [7, 11) is 0. The van der Waals surface area contributed by atoms with Crippen molar-refractivity contribution in [3.63, 3.8) is 0 Å². The molecule has 166 valence electrons. The van der Waals surface area contributed by atoms with Crippen LogP contribution < -0.4 is 0 Å². The van der Waals surface area contributed by atoms with Crippen LogP contribution in [-0.2, 0) is 23.8 Å². The largest absolute Gasteiger partial charge is 0.465 e. The highest BCUT2D eigenvalue weighted by Crippen LogP contribution is 2.39. The van der Waals surface area contributed by atoms with Crippen LogP contribution in [0.1, 0.15) is 78.6 Å². The lowest BCUT2D eigenvalue weighted by molar-refractivity contribution is -0.154. The molecule has 6 heteroatoms. The number of epoxide rings is 1. The van der Waals surface area contributed by atoms with Gasteiger partial charge >= 0.3 is 11.9 Å². The lowest BCUT2D eigenvalue weighted by Crippen LogP contribution is -2.30. The van der Waals surface area contributed by atoms with Crippen molar-refractivity contribution in [1.82, 2.24) is 0 Å². The maximum Gasteiger partial charge on any atom is 0.308 e. The second-order valence-corrected chi connectivity index (χ2v) is 10.4. The van der Waals surface area contributed by atoms with Crippen molar-refractivity contribution in [2.45, 2.75) is 96.9 Å². The highest BCUT2D eigenvalue weighted by atomic mass is 16.6. The fraction of sp³-hybridized carbons (Fsp3) is 0.913. The lowest BCUT2D eigenvalue weighted by Gasteiger charge is -2.29. The lowest BCUT2D eigenvalue weighted by atomic mass is 9.82. The number of esters is 2. The number of hydrogen-bond donors (Lipinski definition) is 1. The van der Waals surface area contributed by atoms with Crippen molar-refractivity contribution in [2.24, 2.45) is 23.2 Å². The quantitative estimate of drug-likeness (QED) is 0.461. The second-order valence-electron chi connectivity index (χ2n) is 10.4. The summed E-state index contributed by atoms with van der Waals surface area (Å²) < 4.78 is 16.6. The Kier molecular flexibility index (Phi) is 7.60. The Morgan fingerprint density at radius 3 is 2.48 bits per heavy atom. The molecule has 0 aromatic carbocycles. The zero-order valence-electron chi connectivity index (χ0n) is 18.2. The van der Waals surface area contributed by atoms with E-state index in [9.17, 15) is 14.7 Å². The third kappa shape index (κ3) is 7.25. The average molecular weight is 411 g/mol. The molecule has 3 fully saturated rings. The molecule has 0 spiro atoms. The van der Waals surface area contributed by atoms with Crippen molar-refractivity contribution in [3.05, 3.63) is 0 Å². The van der Waals surface area contributed by atoms with Crippen molar-refractivity contribution in [3.8, 4) is 0 Å². The summed E-state index contributed by atoms with van der Waals surface area (Å²) in [6, 6.07) is 0. The zero-order chi connectivity index (χ0) is 21.0. The number of rotatable bonds is 9. The zero-order valence-corrected chi connectivity index (χ0v) is 18.2. The number of carbonyl (C=O) groups is 2. The number of hydrogen-bond acceptors (Lipinski definition) is 6. The summed E-state index contributed by atoms with van der Waals surface area (Å²) in [6.45, 7) is 7.06. The summed E-state index contributed by atoms with van der Waals surface area (Å²) >= 11 is 0. The van der Waals surface area contributed by atoms with Crippen LogP contribution in [-0.4, -0.2) is 48.6 Å². The minimum Gasteiger partial charge on any atom is -0.465 e. The standard InChI is InChI=1S/C23H38O6/c1-15(10-21(25)27-13-16-4-9-19-20(11-16)29-19)12-23(2,3)14-28-22(26)17-5-7-18(24)8-6-17/h15-20,24H,4-14H2,1-3H3. The predicted molar refractivity (Wildman–Crippen MR) is 108 cm³/mol. The second kappa shape index (κ2) is 9.78. The van der Waals surface area contributed by atoms with E-state index in [0.29, 0.717) is 63.4 Å². The smallest absolute Gasteiger partial charge is 0.308 e. The van der Waals surface area contributed by atoms with E-state index in [2.05, 4.69) is 20.8 Å². The molecular weight excluding hydrogens is 372 g/mol. The summed E-state index contributed by atoms with van der Waals surface area (Å²) in [5.74, 6) is 0.243. The van der Waals surface area contributed by atoms with Crippen molar-refractivity contribution >= 4 is 11.9 Å². The molecule has 0 radical (unpaired) electrons. The first-order chi connectivity index (χ1) is 13.7. The molecular formula is C23H38O6. The van der Waals surface area contributed by atoms with Crippen LogP contribution in [0.25, 0.3) is 0 Å². The molecule has 0 aromatic heterocycles. The van der Waals surface area contributed by atoms with E-state index in [0.717, 1.165) is 25.7 Å². The van der Waals surface area contributed by atoms with Crippen molar-refractivity contribution in [1.29, 1.82) is 0 Å². The first-order valence-corrected chi connectivity index (χ1v) is 11.4. The van der Waals surface area contributed by atoms with Gasteiger partial charge < -0.3 is 19.3 Å². The maximum absolute atomic E-state index is 12.3. The highest BCUT2D eigenvalue weighted by molar-refractivity contribution is 5.72. The van der Waals surface area contributed by atoms with Gasteiger partial charge in [0, 0.05) is 6.42 Å². The Balaban J connectivity index is 1.30. The number of ether oxygens (including phenoxy) is 3. The van der Waals surface area contributed by atoms with E-state index in [1.807, 2.05) is 0 Å². The Morgan fingerprint density at radius 2 is 1.79 bits per heavy atom. The molecule has 6 nitrogen and oxygen atoms in total. The fourth-order valence-electron chi connectivity index (χ4n) is 4.96. The molecule has 3 aliphatic rings. The minimum atomic E-state index is -0.270. The van der Waals surface area contributed by atoms with E-state index in [-0.39, 0.29) is 35.3 Å². The summed E-state index contributed by atoms with van der Waals surface area (Å²) in [4.78, 5) is 24.5. The number of aliphatic hydroxyl groups excluding tert-OH is 1. The molecule has 1 aliphatic heterocycles. The van der Waals surface area contributed by atoms with Crippen LogP contribution in [0.5, 0.6) is 0 Å². The van der Waals surface area contributed by atoms with Crippen LogP contribution in [0.4, 0.5) is 0 Å². The number of fused-ring (bicyclic) bond motifs is 1. The van der Waals surface area contributed by atoms with Gasteiger partial charge in [0.15, 0.2) is 0 Å². The van der Waals surface area contributed by atoms with E-state index < -0.39 is 0 Å². The van der Waals surface area contributed by atoms with Crippen molar-refractivity contribution in [2.75, 3.05) is 13.2 Å². The normalized spacial score (nSPS) is 32.8. The molecule has 0 amide bonds. The van der Waals surface area contributed by atoms with Gasteiger partial charge in [-0.05, 0) is 68.6 Å². The SMILES string of the molecule is CC(CC(=O)OCC1CCC2OC2C1)CC(C)(C)COC(=O)C1CCC(O)CC1. The maximum atomic E-state index is 12.3. The molecule has 4 unspecified atom stereocenters. The van der Waals surface area contributed by atoms with Gasteiger partial charge in [-0.2, -0.15) is 0 Å². The molecule has 1 heterocycles. The molecule has 2 saturated carbocycles. The van der Waals surface area contributed by atoms with Crippen LogP contribution in [0.3, 0.4) is 0 Å². The number of aliphatic hydroxyl groups is 1. The first kappa shape index (κ1) is 22.5. The van der Waals surface area contributed by atoms with Gasteiger partial charge in [-0.1, -0.05) is 20.8 Å². The first-order valence-electron chi connectivity index (χ1n) is 11.4. The Morgan fingerprint density at radius 1 is 1.07 bits per heavy atom. The van der Waals surface area contributed by atoms with E-state index in [4.69, 9.17) is 14.2 Å². The Labute approximate surface area is 174 Å². The fourth-order valence-corrected chi connectivity index (χ4v) is 4.96. The van der Waals surface area contributed by atoms with Crippen molar-refractivity contribution < 1.29 is 28.9 Å². The Hall–Kier alpha value is -1.14. The topological polar surface area (TPSA) is 85.4 Å². The predicted octanol–water partition coefficient (Wildman–Crippen LogP) is 3.63.